The number of hydrogen-bond donors (Lipinski definition) is 2. The van der Waals surface area contributed by atoms with Gasteiger partial charge in [0.2, 0.25) is 5.91 Å². The molecule has 7 nitrogen and oxygen atoms in total. The van der Waals surface area contributed by atoms with Crippen molar-refractivity contribution in [2.24, 2.45) is 16.6 Å². The molecule has 1 aromatic carbocycles. The molecule has 1 aromatic rings. The van der Waals surface area contributed by atoms with Crippen LogP contribution in [0.2, 0.25) is 5.02 Å². The Hall–Kier alpha value is -1.83. The molecular weight excluding hydrogens is 402 g/mol. The second-order valence-electron chi connectivity index (χ2n) is 8.04. The number of morpholine rings is 1. The van der Waals surface area contributed by atoms with Gasteiger partial charge >= 0.3 is 0 Å². The lowest BCUT2D eigenvalue weighted by molar-refractivity contribution is -0.119. The van der Waals surface area contributed by atoms with Gasteiger partial charge in [0.15, 0.2) is 5.96 Å². The van der Waals surface area contributed by atoms with Gasteiger partial charge in [-0.05, 0) is 43.4 Å². The van der Waals surface area contributed by atoms with Crippen LogP contribution in [0.15, 0.2) is 29.3 Å². The summed E-state index contributed by atoms with van der Waals surface area (Å²) in [5.41, 5.74) is 6.65. The highest BCUT2D eigenvalue weighted by atomic mass is 35.5. The molecule has 3 N–H and O–H groups in total. The number of aliphatic imine (C=N–C) groups is 1. The van der Waals surface area contributed by atoms with Crippen LogP contribution in [0.3, 0.4) is 0 Å². The summed E-state index contributed by atoms with van der Waals surface area (Å²) in [5, 5.41) is 4.18. The molecule has 1 amide bonds. The zero-order valence-corrected chi connectivity index (χ0v) is 18.6. The van der Waals surface area contributed by atoms with Crippen molar-refractivity contribution in [1.82, 2.24) is 15.1 Å². The number of nitrogens with one attached hydrogen (secondary N) is 1. The van der Waals surface area contributed by atoms with Gasteiger partial charge < -0.3 is 20.7 Å². The van der Waals surface area contributed by atoms with Crippen molar-refractivity contribution in [2.45, 2.75) is 32.2 Å². The van der Waals surface area contributed by atoms with Crippen LogP contribution in [0.1, 0.15) is 37.8 Å². The summed E-state index contributed by atoms with van der Waals surface area (Å²) in [6.45, 7) is 8.58. The number of guanidine groups is 1. The molecule has 0 radical (unpaired) electrons. The van der Waals surface area contributed by atoms with Crippen molar-refractivity contribution >= 4 is 23.5 Å². The molecule has 2 saturated heterocycles. The third kappa shape index (κ3) is 6.59. The summed E-state index contributed by atoms with van der Waals surface area (Å²) in [7, 11) is 0. The molecule has 2 unspecified atom stereocenters. The minimum atomic E-state index is -0.223. The first kappa shape index (κ1) is 22.8. The van der Waals surface area contributed by atoms with Crippen molar-refractivity contribution < 1.29 is 9.53 Å². The second kappa shape index (κ2) is 11.5. The number of carbonyl (C=O) groups is 1. The van der Waals surface area contributed by atoms with Gasteiger partial charge in [0.1, 0.15) is 0 Å². The van der Waals surface area contributed by atoms with E-state index in [1.807, 2.05) is 12.1 Å². The Morgan fingerprint density at radius 2 is 2.03 bits per heavy atom. The number of carbonyl (C=O) groups excluding carboxylic acids is 1. The van der Waals surface area contributed by atoms with Gasteiger partial charge in [0, 0.05) is 44.2 Å². The maximum absolute atomic E-state index is 11.4. The van der Waals surface area contributed by atoms with Crippen LogP contribution in [0.5, 0.6) is 0 Å². The Bertz CT molecular complexity index is 706. The highest BCUT2D eigenvalue weighted by molar-refractivity contribution is 6.30. The van der Waals surface area contributed by atoms with Gasteiger partial charge in [0.05, 0.1) is 25.8 Å². The summed E-state index contributed by atoms with van der Waals surface area (Å²) in [6.07, 6.45) is 2.53. The Kier molecular flexibility index (Phi) is 8.78. The minimum Gasteiger partial charge on any atom is -0.379 e. The number of benzene rings is 1. The van der Waals surface area contributed by atoms with E-state index in [1.54, 1.807) is 0 Å². The van der Waals surface area contributed by atoms with E-state index < -0.39 is 0 Å². The number of ether oxygens (including phenoxy) is 1. The zero-order chi connectivity index (χ0) is 21.3. The third-order valence-corrected chi connectivity index (χ3v) is 6.05. The van der Waals surface area contributed by atoms with Gasteiger partial charge in [-0.15, -0.1) is 0 Å². The van der Waals surface area contributed by atoms with Crippen molar-refractivity contribution in [3.63, 3.8) is 0 Å². The van der Waals surface area contributed by atoms with Gasteiger partial charge in [-0.2, -0.15) is 0 Å². The lowest BCUT2D eigenvalue weighted by atomic mass is 9.95. The van der Waals surface area contributed by atoms with Crippen molar-refractivity contribution in [2.75, 3.05) is 52.5 Å². The molecule has 2 fully saturated rings. The smallest absolute Gasteiger partial charge is 0.217 e. The van der Waals surface area contributed by atoms with E-state index in [-0.39, 0.29) is 11.9 Å². The Morgan fingerprint density at radius 3 is 2.70 bits per heavy atom. The number of hydrogen-bond acceptors (Lipinski definition) is 4. The summed E-state index contributed by atoms with van der Waals surface area (Å²) < 4.78 is 5.55. The molecule has 2 aliphatic rings. The molecule has 8 heteroatoms. The molecule has 30 heavy (non-hydrogen) atoms. The molecule has 0 aliphatic carbocycles. The number of amides is 1. The number of nitrogens with zero attached hydrogens (tertiary/aromatic N) is 3. The van der Waals surface area contributed by atoms with Crippen LogP contribution < -0.4 is 11.1 Å². The SMILES string of the molecule is CCNC(=NCC(c1ccc(Cl)cc1)N1CCOCC1)N1CCCC(CC(N)=O)C1. The number of likely N-dealkylation sites (tertiary alicyclic amines) is 1. The van der Waals surface area contributed by atoms with E-state index in [1.165, 1.54) is 5.56 Å². The third-order valence-electron chi connectivity index (χ3n) is 5.80. The van der Waals surface area contributed by atoms with Gasteiger partial charge in [-0.3, -0.25) is 14.7 Å². The number of nitrogens with two attached hydrogens (primary N) is 1. The molecule has 2 aliphatic heterocycles. The highest BCUT2D eigenvalue weighted by Crippen LogP contribution is 2.25. The van der Waals surface area contributed by atoms with E-state index >= 15 is 0 Å². The maximum Gasteiger partial charge on any atom is 0.217 e. The van der Waals surface area contributed by atoms with Crippen LogP contribution in [0.25, 0.3) is 0 Å². The van der Waals surface area contributed by atoms with E-state index in [4.69, 9.17) is 27.1 Å². The molecule has 0 spiro atoms. The summed E-state index contributed by atoms with van der Waals surface area (Å²) in [5.74, 6) is 0.990. The number of piperidine rings is 1. The Morgan fingerprint density at radius 1 is 1.30 bits per heavy atom. The number of primary amides is 1. The summed E-state index contributed by atoms with van der Waals surface area (Å²) in [6, 6.07) is 8.24. The van der Waals surface area contributed by atoms with Crippen LogP contribution in [0, 0.1) is 5.92 Å². The van der Waals surface area contributed by atoms with Crippen LogP contribution in [-0.4, -0.2) is 74.1 Å². The average Bonchev–Trinajstić information content (AvgIpc) is 2.75. The predicted molar refractivity (Wildman–Crippen MR) is 121 cm³/mol. The lowest BCUT2D eigenvalue weighted by Gasteiger charge is -2.36. The standard InChI is InChI=1S/C22H34ClN5O2/c1-2-25-22(28-9-3-4-17(16-28)14-21(24)29)26-15-20(27-10-12-30-13-11-27)18-5-7-19(23)8-6-18/h5-8,17,20H,2-4,9-16H2,1H3,(H2,24,29)(H,25,26). The molecule has 166 valence electrons. The second-order valence-corrected chi connectivity index (χ2v) is 8.47. The molecule has 2 heterocycles. The fourth-order valence-electron chi connectivity index (χ4n) is 4.31. The van der Waals surface area contributed by atoms with E-state index in [0.717, 1.165) is 69.8 Å². The van der Waals surface area contributed by atoms with Gasteiger partial charge in [0.25, 0.3) is 0 Å². The molecule has 0 bridgehead atoms. The predicted octanol–water partition coefficient (Wildman–Crippen LogP) is 2.27. The summed E-state index contributed by atoms with van der Waals surface area (Å²) in [4.78, 5) is 21.1. The van der Waals surface area contributed by atoms with Crippen LogP contribution in [0.4, 0.5) is 0 Å². The Labute approximate surface area is 184 Å². The molecule has 3 rings (SSSR count). The van der Waals surface area contributed by atoms with Crippen molar-refractivity contribution in [3.05, 3.63) is 34.9 Å². The molecule has 2 atom stereocenters. The molecule has 0 aromatic heterocycles. The molecular formula is C22H34ClN5O2. The maximum atomic E-state index is 11.4. The zero-order valence-electron chi connectivity index (χ0n) is 17.9. The van der Waals surface area contributed by atoms with Crippen LogP contribution in [-0.2, 0) is 9.53 Å². The first-order valence-corrected chi connectivity index (χ1v) is 11.3. The van der Waals surface area contributed by atoms with E-state index in [2.05, 4.69) is 34.2 Å². The fourth-order valence-corrected chi connectivity index (χ4v) is 4.44. The van der Waals surface area contributed by atoms with E-state index in [9.17, 15) is 4.79 Å². The quantitative estimate of drug-likeness (QED) is 0.507. The lowest BCUT2D eigenvalue weighted by Crippen LogP contribution is -2.47. The first-order chi connectivity index (χ1) is 14.6. The Balaban J connectivity index is 1.76. The minimum absolute atomic E-state index is 0.172. The van der Waals surface area contributed by atoms with Gasteiger partial charge in [-0.1, -0.05) is 23.7 Å². The highest BCUT2D eigenvalue weighted by Gasteiger charge is 2.26. The monoisotopic (exact) mass is 435 g/mol. The fraction of sp³-hybridized carbons (Fsp3) is 0.636. The average molecular weight is 436 g/mol. The number of halogens is 1. The topological polar surface area (TPSA) is 83.2 Å². The summed E-state index contributed by atoms with van der Waals surface area (Å²) >= 11 is 6.11. The van der Waals surface area contributed by atoms with E-state index in [0.29, 0.717) is 18.9 Å². The van der Waals surface area contributed by atoms with Crippen molar-refractivity contribution in [3.8, 4) is 0 Å². The first-order valence-electron chi connectivity index (χ1n) is 11.0. The normalized spacial score (nSPS) is 22.0. The molecule has 0 saturated carbocycles. The van der Waals surface area contributed by atoms with Crippen LogP contribution >= 0.6 is 11.6 Å². The number of rotatable bonds is 7. The van der Waals surface area contributed by atoms with Crippen molar-refractivity contribution in [1.29, 1.82) is 0 Å². The largest absolute Gasteiger partial charge is 0.379 e. The van der Waals surface area contributed by atoms with Gasteiger partial charge in [-0.25, -0.2) is 0 Å².